The van der Waals surface area contributed by atoms with Gasteiger partial charge in [0.2, 0.25) is 5.75 Å². The molecule has 0 aliphatic heterocycles. The van der Waals surface area contributed by atoms with Crippen LogP contribution in [0.3, 0.4) is 0 Å². The highest BCUT2D eigenvalue weighted by Gasteiger charge is 2.13. The summed E-state index contributed by atoms with van der Waals surface area (Å²) >= 11 is 1.65. The Kier molecular flexibility index (Phi) is 10.1. The third kappa shape index (κ3) is 7.01. The van der Waals surface area contributed by atoms with E-state index in [1.165, 1.54) is 0 Å². The van der Waals surface area contributed by atoms with Gasteiger partial charge in [0.25, 0.3) is 0 Å². The Bertz CT molecular complexity index is 1690. The van der Waals surface area contributed by atoms with Crippen molar-refractivity contribution in [1.82, 2.24) is 4.98 Å². The van der Waals surface area contributed by atoms with Gasteiger partial charge < -0.3 is 33.2 Å². The number of hydrogen-bond donors (Lipinski definition) is 0. The van der Waals surface area contributed by atoms with E-state index in [0.29, 0.717) is 59.9 Å². The largest absolute Gasteiger partial charge is 0.493 e. The first-order valence-electron chi connectivity index (χ1n) is 14.0. The second-order valence-electron chi connectivity index (χ2n) is 9.61. The zero-order chi connectivity index (χ0) is 30.9. The summed E-state index contributed by atoms with van der Waals surface area (Å²) in [6, 6.07) is 23.6. The van der Waals surface area contributed by atoms with Gasteiger partial charge in [-0.1, -0.05) is 30.4 Å². The van der Waals surface area contributed by atoms with Crippen molar-refractivity contribution >= 4 is 33.7 Å². The highest BCUT2D eigenvalue weighted by atomic mass is 32.1. The third-order valence-electron chi connectivity index (χ3n) is 6.85. The summed E-state index contributed by atoms with van der Waals surface area (Å²) < 4.78 is 40.8. The van der Waals surface area contributed by atoms with E-state index in [1.54, 1.807) is 46.9 Å². The lowest BCUT2D eigenvalue weighted by Gasteiger charge is -2.14. The summed E-state index contributed by atoms with van der Waals surface area (Å²) in [5, 5.41) is 0.938. The number of benzene rings is 4. The fourth-order valence-electron chi connectivity index (χ4n) is 4.64. The molecule has 0 spiro atoms. The molecular formula is C35H35NO7S. The van der Waals surface area contributed by atoms with Crippen molar-refractivity contribution in [1.29, 1.82) is 0 Å². The Morgan fingerprint density at radius 2 is 1.18 bits per heavy atom. The highest BCUT2D eigenvalue weighted by Crippen LogP contribution is 2.39. The second-order valence-corrected chi connectivity index (χ2v) is 10.6. The van der Waals surface area contributed by atoms with Gasteiger partial charge in [-0.3, -0.25) is 0 Å². The summed E-state index contributed by atoms with van der Waals surface area (Å²) in [4.78, 5) is 4.77. The quantitative estimate of drug-likeness (QED) is 0.0921. The molecule has 4 aromatic carbocycles. The van der Waals surface area contributed by atoms with Crippen LogP contribution >= 0.6 is 11.3 Å². The van der Waals surface area contributed by atoms with Gasteiger partial charge in [-0.05, 0) is 65.7 Å². The molecule has 0 unspecified atom stereocenters. The molecule has 0 saturated carbocycles. The lowest BCUT2D eigenvalue weighted by molar-refractivity contribution is 0.234. The molecule has 5 rings (SSSR count). The fourth-order valence-corrected chi connectivity index (χ4v) is 5.60. The van der Waals surface area contributed by atoms with Crippen LogP contribution in [0.1, 0.15) is 17.5 Å². The number of para-hydroxylation sites is 1. The van der Waals surface area contributed by atoms with Gasteiger partial charge >= 0.3 is 0 Å². The molecule has 0 N–H and O–H groups in total. The first-order chi connectivity index (χ1) is 21.6. The van der Waals surface area contributed by atoms with Gasteiger partial charge in [0.1, 0.15) is 5.01 Å². The fraction of sp³-hybridized carbons (Fsp3) is 0.229. The zero-order valence-electron chi connectivity index (χ0n) is 25.4. The van der Waals surface area contributed by atoms with E-state index >= 15 is 0 Å². The van der Waals surface area contributed by atoms with Gasteiger partial charge in [0, 0.05) is 12.0 Å². The van der Waals surface area contributed by atoms with Crippen LogP contribution in [0.2, 0.25) is 0 Å². The number of aromatic nitrogens is 1. The van der Waals surface area contributed by atoms with E-state index in [0.717, 1.165) is 31.9 Å². The zero-order valence-corrected chi connectivity index (χ0v) is 26.2. The van der Waals surface area contributed by atoms with Crippen LogP contribution in [-0.2, 0) is 0 Å². The SMILES string of the molecule is COc1ccc(C=Cc2cc(OC)c(OC)c(OC)c2)cc1OCCCOc1cc(-c2nc3ccccc3s2)ccc1OC. The predicted octanol–water partition coefficient (Wildman–Crippen LogP) is 8.02. The Morgan fingerprint density at radius 1 is 0.591 bits per heavy atom. The predicted molar refractivity (Wildman–Crippen MR) is 175 cm³/mol. The minimum Gasteiger partial charge on any atom is -0.493 e. The molecule has 0 radical (unpaired) electrons. The summed E-state index contributed by atoms with van der Waals surface area (Å²) in [6.07, 6.45) is 4.61. The van der Waals surface area contributed by atoms with Crippen LogP contribution in [0.15, 0.2) is 72.8 Å². The average Bonchev–Trinajstić information content (AvgIpc) is 3.51. The van der Waals surface area contributed by atoms with E-state index in [-0.39, 0.29) is 0 Å². The molecule has 1 heterocycles. The number of hydrogen-bond acceptors (Lipinski definition) is 9. The molecule has 9 heteroatoms. The van der Waals surface area contributed by atoms with Gasteiger partial charge in [-0.2, -0.15) is 0 Å². The average molecular weight is 614 g/mol. The van der Waals surface area contributed by atoms with Crippen molar-refractivity contribution < 1.29 is 33.2 Å². The first kappa shape index (κ1) is 30.6. The molecule has 8 nitrogen and oxygen atoms in total. The minimum atomic E-state index is 0.441. The van der Waals surface area contributed by atoms with E-state index in [9.17, 15) is 0 Å². The molecule has 0 amide bonds. The third-order valence-corrected chi connectivity index (χ3v) is 7.94. The number of rotatable bonds is 14. The normalized spacial score (nSPS) is 11.0. The van der Waals surface area contributed by atoms with Crippen molar-refractivity contribution in [2.75, 3.05) is 48.8 Å². The molecule has 0 fully saturated rings. The standard InChI is InChI=1S/C35H35NO7S/c1-37-27-15-13-23(11-12-24-20-31(39-3)34(41-5)32(21-24)40-4)19-29(27)42-17-8-18-43-30-22-25(14-16-28(30)38-2)35-36-26-9-6-7-10-33(26)44-35/h6-7,9-16,19-22H,8,17-18H2,1-5H3. The van der Waals surface area contributed by atoms with Crippen molar-refractivity contribution in [3.8, 4) is 50.8 Å². The van der Waals surface area contributed by atoms with E-state index < -0.39 is 0 Å². The Morgan fingerprint density at radius 3 is 1.82 bits per heavy atom. The van der Waals surface area contributed by atoms with Gasteiger partial charge in [-0.25, -0.2) is 4.98 Å². The van der Waals surface area contributed by atoms with E-state index in [1.807, 2.05) is 78.9 Å². The molecule has 44 heavy (non-hydrogen) atoms. The molecule has 5 aromatic rings. The molecule has 0 aliphatic carbocycles. The van der Waals surface area contributed by atoms with Crippen LogP contribution in [0, 0.1) is 0 Å². The number of fused-ring (bicyclic) bond motifs is 1. The van der Waals surface area contributed by atoms with Crippen LogP contribution in [0.5, 0.6) is 40.2 Å². The number of nitrogens with zero attached hydrogens (tertiary/aromatic N) is 1. The van der Waals surface area contributed by atoms with Crippen LogP contribution in [-0.4, -0.2) is 53.7 Å². The number of ether oxygens (including phenoxy) is 7. The van der Waals surface area contributed by atoms with E-state index in [2.05, 4.69) is 6.07 Å². The van der Waals surface area contributed by atoms with Crippen molar-refractivity contribution in [2.45, 2.75) is 6.42 Å². The minimum absolute atomic E-state index is 0.441. The topological polar surface area (TPSA) is 77.5 Å². The number of thiazole rings is 1. The summed E-state index contributed by atoms with van der Waals surface area (Å²) in [5.41, 5.74) is 3.82. The van der Waals surface area contributed by atoms with Gasteiger partial charge in [-0.15, -0.1) is 11.3 Å². The molecule has 0 atom stereocenters. The molecule has 228 valence electrons. The molecule has 0 aliphatic rings. The maximum atomic E-state index is 6.12. The summed E-state index contributed by atoms with van der Waals surface area (Å²) in [6.45, 7) is 0.888. The van der Waals surface area contributed by atoms with Gasteiger partial charge in [0.05, 0.1) is 59.0 Å². The molecule has 0 saturated heterocycles. The van der Waals surface area contributed by atoms with Crippen molar-refractivity contribution in [3.63, 3.8) is 0 Å². The Hall–Kier alpha value is -4.89. The lowest BCUT2D eigenvalue weighted by atomic mass is 10.1. The maximum absolute atomic E-state index is 6.12. The van der Waals surface area contributed by atoms with Crippen LogP contribution < -0.4 is 33.2 Å². The Labute approximate surface area is 261 Å². The highest BCUT2D eigenvalue weighted by molar-refractivity contribution is 7.21. The smallest absolute Gasteiger partial charge is 0.203 e. The van der Waals surface area contributed by atoms with Crippen LogP contribution in [0.25, 0.3) is 32.9 Å². The summed E-state index contributed by atoms with van der Waals surface area (Å²) in [7, 11) is 8.04. The lowest BCUT2D eigenvalue weighted by Crippen LogP contribution is -2.06. The molecule has 0 bridgehead atoms. The second kappa shape index (κ2) is 14.5. The van der Waals surface area contributed by atoms with Crippen molar-refractivity contribution in [2.24, 2.45) is 0 Å². The van der Waals surface area contributed by atoms with Crippen molar-refractivity contribution in [3.05, 3.63) is 83.9 Å². The maximum Gasteiger partial charge on any atom is 0.203 e. The summed E-state index contributed by atoms with van der Waals surface area (Å²) in [5.74, 6) is 4.37. The monoisotopic (exact) mass is 613 g/mol. The molecular weight excluding hydrogens is 578 g/mol. The Balaban J connectivity index is 1.22. The first-order valence-corrected chi connectivity index (χ1v) is 14.8. The van der Waals surface area contributed by atoms with Gasteiger partial charge in [0.15, 0.2) is 34.5 Å². The molecule has 1 aromatic heterocycles. The van der Waals surface area contributed by atoms with E-state index in [4.69, 9.17) is 38.1 Å². The van der Waals surface area contributed by atoms with Crippen LogP contribution in [0.4, 0.5) is 0 Å². The number of methoxy groups -OCH3 is 5.